The van der Waals surface area contributed by atoms with E-state index in [9.17, 15) is 4.79 Å². The van der Waals surface area contributed by atoms with Crippen molar-refractivity contribution in [3.05, 3.63) is 126 Å². The van der Waals surface area contributed by atoms with Crippen molar-refractivity contribution in [2.75, 3.05) is 32.9 Å². The lowest BCUT2D eigenvalue weighted by atomic mass is 10.1. The highest BCUT2D eigenvalue weighted by Gasteiger charge is 2.25. The summed E-state index contributed by atoms with van der Waals surface area (Å²) in [4.78, 5) is 23.1. The molecule has 0 aliphatic rings. The fourth-order valence-electron chi connectivity index (χ4n) is 4.99. The molecular weight excluding hydrogens is 669 g/mol. The van der Waals surface area contributed by atoms with Crippen molar-refractivity contribution in [2.24, 2.45) is 0 Å². The molecule has 51 heavy (non-hydrogen) atoms. The van der Waals surface area contributed by atoms with Gasteiger partial charge in [0.2, 0.25) is 11.8 Å². The van der Waals surface area contributed by atoms with Gasteiger partial charge in [0.25, 0.3) is 5.91 Å². The Hall–Kier alpha value is -6.08. The molecule has 1 N–H and O–H groups in total. The van der Waals surface area contributed by atoms with Crippen LogP contribution >= 0.6 is 11.8 Å². The Kier molecular flexibility index (Phi) is 11.3. The first-order valence-electron chi connectivity index (χ1n) is 15.9. The van der Waals surface area contributed by atoms with Crippen LogP contribution in [0.2, 0.25) is 0 Å². The maximum absolute atomic E-state index is 14.0. The topological polar surface area (TPSA) is 132 Å². The van der Waals surface area contributed by atoms with E-state index in [2.05, 4.69) is 25.6 Å². The highest BCUT2D eigenvalue weighted by atomic mass is 32.2. The zero-order valence-electron chi connectivity index (χ0n) is 28.5. The molecule has 0 saturated heterocycles. The van der Waals surface area contributed by atoms with Crippen molar-refractivity contribution in [2.45, 2.75) is 24.9 Å². The van der Waals surface area contributed by atoms with Crippen LogP contribution in [-0.4, -0.2) is 58.5 Å². The molecule has 0 bridgehead atoms. The second-order valence-corrected chi connectivity index (χ2v) is 11.9. The zero-order valence-corrected chi connectivity index (χ0v) is 29.3. The van der Waals surface area contributed by atoms with Crippen LogP contribution in [0, 0.1) is 0 Å². The third kappa shape index (κ3) is 8.94. The molecule has 0 aliphatic carbocycles. The van der Waals surface area contributed by atoms with Crippen molar-refractivity contribution < 1.29 is 28.5 Å². The molecule has 0 fully saturated rings. The maximum Gasteiger partial charge on any atom is 0.266 e. The van der Waals surface area contributed by atoms with Crippen LogP contribution in [0.25, 0.3) is 11.3 Å². The zero-order chi connectivity index (χ0) is 35.6. The van der Waals surface area contributed by atoms with Gasteiger partial charge in [0.05, 0.1) is 34.1 Å². The first kappa shape index (κ1) is 34.8. The van der Waals surface area contributed by atoms with Gasteiger partial charge in [-0.15, -0.1) is 5.10 Å². The van der Waals surface area contributed by atoms with E-state index in [0.29, 0.717) is 23.1 Å². The summed E-state index contributed by atoms with van der Waals surface area (Å²) in [5.41, 5.74) is 4.96. The molecule has 0 radical (unpaired) electrons. The summed E-state index contributed by atoms with van der Waals surface area (Å²) in [6.45, 7) is 0.871. The average Bonchev–Trinajstić information content (AvgIpc) is 3.65. The molecule has 0 atom stereocenters. The fraction of sp³-hybridized carbons (Fsp3) is 0.184. The van der Waals surface area contributed by atoms with E-state index in [-0.39, 0.29) is 30.5 Å². The number of nitrogens with zero attached hydrogens (tertiary/aromatic N) is 5. The number of methoxy groups -OCH3 is 3. The quantitative estimate of drug-likeness (QED) is 0.0881. The van der Waals surface area contributed by atoms with Crippen LogP contribution in [-0.2, 0) is 19.8 Å². The molecule has 6 rings (SSSR count). The van der Waals surface area contributed by atoms with E-state index >= 15 is 0 Å². The summed E-state index contributed by atoms with van der Waals surface area (Å²) in [7, 11) is 4.86. The van der Waals surface area contributed by atoms with Crippen molar-refractivity contribution in [1.82, 2.24) is 25.0 Å². The SMILES string of the molecule is COc1ccc(COc2nc(SC)nc(OCc3ccc(OC)cc3)c2C(=O)Nc2ccc(-c3cn(Cc4ccc(OC)cc4)nn3)cc2)cc1. The predicted octanol–water partition coefficient (Wildman–Crippen LogP) is 6.94. The lowest BCUT2D eigenvalue weighted by Crippen LogP contribution is -2.18. The van der Waals surface area contributed by atoms with Crippen LogP contribution in [0.5, 0.6) is 29.0 Å². The Morgan fingerprint density at radius 2 is 1.18 bits per heavy atom. The van der Waals surface area contributed by atoms with Gasteiger partial charge in [-0.1, -0.05) is 65.5 Å². The van der Waals surface area contributed by atoms with Crippen LogP contribution in [0.1, 0.15) is 27.0 Å². The minimum absolute atomic E-state index is 0.0698. The number of thioether (sulfide) groups is 1. The highest BCUT2D eigenvalue weighted by molar-refractivity contribution is 7.98. The molecule has 12 nitrogen and oxygen atoms in total. The Balaban J connectivity index is 1.22. The van der Waals surface area contributed by atoms with Crippen LogP contribution in [0.4, 0.5) is 5.69 Å². The molecule has 13 heteroatoms. The van der Waals surface area contributed by atoms with Crippen molar-refractivity contribution in [3.63, 3.8) is 0 Å². The lowest BCUT2D eigenvalue weighted by Gasteiger charge is -2.16. The number of hydrogen-bond acceptors (Lipinski definition) is 11. The summed E-state index contributed by atoms with van der Waals surface area (Å²) >= 11 is 1.31. The Morgan fingerprint density at radius 1 is 0.686 bits per heavy atom. The van der Waals surface area contributed by atoms with Gasteiger partial charge in [-0.05, 0) is 71.5 Å². The van der Waals surface area contributed by atoms with Crippen LogP contribution in [0.3, 0.4) is 0 Å². The number of amides is 1. The Bertz CT molecular complexity index is 1980. The average molecular weight is 705 g/mol. The largest absolute Gasteiger partial charge is 0.497 e. The molecule has 0 spiro atoms. The number of carbonyl (C=O) groups excluding carboxylic acids is 1. The molecule has 2 aromatic heterocycles. The maximum atomic E-state index is 14.0. The number of hydrogen-bond donors (Lipinski definition) is 1. The standard InChI is InChI=1S/C38H36N6O6S/c1-46-30-15-5-25(6-16-30)21-44-22-33(42-43-44)28-11-13-29(14-12-28)39-35(45)34-36(49-23-26-7-17-31(47-2)18-8-26)40-38(51-4)41-37(34)50-24-27-9-19-32(48-3)20-10-27/h5-20,22H,21,23-24H2,1-4H3,(H,39,45). The van der Waals surface area contributed by atoms with E-state index in [1.165, 1.54) is 11.8 Å². The predicted molar refractivity (Wildman–Crippen MR) is 194 cm³/mol. The summed E-state index contributed by atoms with van der Waals surface area (Å²) in [6.07, 6.45) is 3.72. The number of anilines is 1. The van der Waals surface area contributed by atoms with Crippen LogP contribution in [0.15, 0.2) is 108 Å². The van der Waals surface area contributed by atoms with E-state index in [4.69, 9.17) is 23.7 Å². The molecule has 1 amide bonds. The van der Waals surface area contributed by atoms with E-state index in [0.717, 1.165) is 39.5 Å². The summed E-state index contributed by atoms with van der Waals surface area (Å²) in [5.74, 6) is 1.95. The van der Waals surface area contributed by atoms with Gasteiger partial charge in [-0.3, -0.25) is 4.79 Å². The first-order chi connectivity index (χ1) is 24.9. The van der Waals surface area contributed by atoms with Crippen molar-refractivity contribution >= 4 is 23.4 Å². The number of aromatic nitrogens is 5. The molecule has 0 saturated carbocycles. The van der Waals surface area contributed by atoms with Gasteiger partial charge >= 0.3 is 0 Å². The van der Waals surface area contributed by atoms with E-state index < -0.39 is 5.91 Å². The summed E-state index contributed by atoms with van der Waals surface area (Å²) in [6, 6.07) is 30.0. The van der Waals surface area contributed by atoms with E-state index in [1.807, 2.05) is 97.4 Å². The van der Waals surface area contributed by atoms with Crippen molar-refractivity contribution in [3.8, 4) is 40.3 Å². The molecule has 2 heterocycles. The van der Waals surface area contributed by atoms with Gasteiger partial charge in [-0.25, -0.2) is 4.68 Å². The molecule has 0 unspecified atom stereocenters. The first-order valence-corrected chi connectivity index (χ1v) is 17.1. The monoisotopic (exact) mass is 704 g/mol. The van der Waals surface area contributed by atoms with Gasteiger partial charge in [0.1, 0.15) is 36.2 Å². The molecular formula is C38H36N6O6S. The molecule has 260 valence electrons. The summed E-state index contributed by atoms with van der Waals surface area (Å²) in [5, 5.41) is 12.0. The molecule has 4 aromatic carbocycles. The Labute approximate surface area is 299 Å². The lowest BCUT2D eigenvalue weighted by molar-refractivity contribution is 0.101. The van der Waals surface area contributed by atoms with Gasteiger partial charge < -0.3 is 29.0 Å². The van der Waals surface area contributed by atoms with Gasteiger partial charge in [0.15, 0.2) is 10.7 Å². The third-order valence-corrected chi connectivity index (χ3v) is 8.33. The second-order valence-electron chi connectivity index (χ2n) is 11.2. The van der Waals surface area contributed by atoms with E-state index in [1.54, 1.807) is 38.1 Å². The van der Waals surface area contributed by atoms with Gasteiger partial charge in [-0.2, -0.15) is 9.97 Å². The molecule has 6 aromatic rings. The third-order valence-electron chi connectivity index (χ3n) is 7.78. The van der Waals surface area contributed by atoms with Crippen LogP contribution < -0.4 is 29.0 Å². The minimum Gasteiger partial charge on any atom is -0.497 e. The fourth-order valence-corrected chi connectivity index (χ4v) is 5.34. The van der Waals surface area contributed by atoms with Crippen molar-refractivity contribution in [1.29, 1.82) is 0 Å². The Morgan fingerprint density at radius 3 is 1.65 bits per heavy atom. The smallest absolute Gasteiger partial charge is 0.266 e. The molecule has 0 aliphatic heterocycles. The number of benzene rings is 4. The highest BCUT2D eigenvalue weighted by Crippen LogP contribution is 2.31. The number of ether oxygens (including phenoxy) is 5. The normalized spacial score (nSPS) is 10.7. The number of carbonyl (C=O) groups is 1. The minimum atomic E-state index is -0.490. The van der Waals surface area contributed by atoms with Gasteiger partial charge in [0, 0.05) is 11.3 Å². The summed E-state index contributed by atoms with van der Waals surface area (Å²) < 4.78 is 29.9. The second kappa shape index (κ2) is 16.5. The number of nitrogens with one attached hydrogen (secondary N) is 1. The number of rotatable bonds is 15.